The number of methoxy groups -OCH3 is 1. The van der Waals surface area contributed by atoms with E-state index < -0.39 is 5.97 Å². The normalized spacial score (nSPS) is 10.7. The largest absolute Gasteiger partial charge is 0.497 e. The van der Waals surface area contributed by atoms with E-state index in [1.54, 1.807) is 31.4 Å². The van der Waals surface area contributed by atoms with Crippen molar-refractivity contribution in [2.45, 2.75) is 0 Å². The van der Waals surface area contributed by atoms with E-state index in [0.717, 1.165) is 5.39 Å². The van der Waals surface area contributed by atoms with Crippen LogP contribution in [0.2, 0.25) is 0 Å². The Morgan fingerprint density at radius 1 is 0.952 bits per heavy atom. The third-order valence-corrected chi connectivity index (χ3v) is 3.49. The third kappa shape index (κ3) is 2.21. The van der Waals surface area contributed by atoms with Crippen molar-refractivity contribution in [3.63, 3.8) is 0 Å². The minimum absolute atomic E-state index is 0.138. The van der Waals surface area contributed by atoms with Crippen LogP contribution in [0.5, 0.6) is 5.75 Å². The molecule has 0 aromatic heterocycles. The summed E-state index contributed by atoms with van der Waals surface area (Å²) < 4.78 is 5.15. The van der Waals surface area contributed by atoms with Gasteiger partial charge >= 0.3 is 5.97 Å². The Labute approximate surface area is 120 Å². The zero-order chi connectivity index (χ0) is 15.0. The summed E-state index contributed by atoms with van der Waals surface area (Å²) in [7, 11) is 1.55. The summed E-state index contributed by atoms with van der Waals surface area (Å²) in [5.74, 6) is -0.400. The number of carboxylic acid groups (broad SMARTS) is 1. The van der Waals surface area contributed by atoms with Crippen LogP contribution in [0, 0.1) is 0 Å². The Bertz CT molecular complexity index is 929. The summed E-state index contributed by atoms with van der Waals surface area (Å²) >= 11 is 0. The van der Waals surface area contributed by atoms with Crippen LogP contribution < -0.4 is 10.2 Å². The highest BCUT2D eigenvalue weighted by Gasteiger charge is 2.07. The fraction of sp³-hybridized carbons (Fsp3) is 0.0588. The molecule has 0 fully saturated rings. The monoisotopic (exact) mass is 280 g/mol. The second-order valence-electron chi connectivity index (χ2n) is 4.72. The fourth-order valence-corrected chi connectivity index (χ4v) is 2.37. The summed E-state index contributed by atoms with van der Waals surface area (Å²) in [6.07, 6.45) is 0. The lowest BCUT2D eigenvalue weighted by Gasteiger charge is -1.99. The van der Waals surface area contributed by atoms with Crippen molar-refractivity contribution >= 4 is 27.5 Å². The van der Waals surface area contributed by atoms with Crippen LogP contribution >= 0.6 is 0 Å². The van der Waals surface area contributed by atoms with E-state index in [2.05, 4.69) is 0 Å². The second-order valence-corrected chi connectivity index (χ2v) is 4.72. The Hall–Kier alpha value is -2.88. The molecule has 3 aromatic carbocycles. The summed E-state index contributed by atoms with van der Waals surface area (Å²) in [6.45, 7) is 0. The molecule has 3 rings (SSSR count). The first-order valence-electron chi connectivity index (χ1n) is 6.38. The second kappa shape index (κ2) is 4.90. The lowest BCUT2D eigenvalue weighted by Crippen LogP contribution is -2.01. The molecular weight excluding hydrogens is 268 g/mol. The molecule has 21 heavy (non-hydrogen) atoms. The van der Waals surface area contributed by atoms with Crippen molar-refractivity contribution in [2.75, 3.05) is 7.11 Å². The maximum atomic E-state index is 12.6. The molecule has 0 bridgehead atoms. The molecule has 0 aliphatic carbocycles. The van der Waals surface area contributed by atoms with Crippen molar-refractivity contribution in [1.82, 2.24) is 0 Å². The van der Waals surface area contributed by atoms with Gasteiger partial charge in [-0.25, -0.2) is 4.79 Å². The predicted molar refractivity (Wildman–Crippen MR) is 81.2 cm³/mol. The van der Waals surface area contributed by atoms with Gasteiger partial charge in [0, 0.05) is 10.8 Å². The van der Waals surface area contributed by atoms with Gasteiger partial charge in [-0.05, 0) is 41.1 Å². The van der Waals surface area contributed by atoms with Crippen LogP contribution in [-0.4, -0.2) is 18.2 Å². The number of ether oxygens (including phenoxy) is 1. The zero-order valence-corrected chi connectivity index (χ0v) is 11.3. The Balaban J connectivity index is 2.45. The van der Waals surface area contributed by atoms with E-state index >= 15 is 0 Å². The van der Waals surface area contributed by atoms with E-state index in [-0.39, 0.29) is 11.0 Å². The first-order chi connectivity index (χ1) is 10.1. The van der Waals surface area contributed by atoms with Crippen molar-refractivity contribution in [3.8, 4) is 5.75 Å². The zero-order valence-electron chi connectivity index (χ0n) is 11.3. The van der Waals surface area contributed by atoms with Crippen LogP contribution in [0.15, 0.2) is 53.3 Å². The quantitative estimate of drug-likeness (QED) is 0.783. The molecule has 3 aromatic rings. The molecule has 1 N–H and O–H groups in total. The Morgan fingerprint density at radius 3 is 2.38 bits per heavy atom. The number of carboxylic acids is 1. The van der Waals surface area contributed by atoms with Crippen molar-refractivity contribution in [1.29, 1.82) is 0 Å². The molecule has 0 heterocycles. The number of hydrogen-bond donors (Lipinski definition) is 1. The molecule has 4 nitrogen and oxygen atoms in total. The van der Waals surface area contributed by atoms with E-state index in [9.17, 15) is 9.59 Å². The average molecular weight is 280 g/mol. The third-order valence-electron chi connectivity index (χ3n) is 3.49. The minimum Gasteiger partial charge on any atom is -0.497 e. The van der Waals surface area contributed by atoms with Gasteiger partial charge in [0.2, 0.25) is 0 Å². The average Bonchev–Trinajstić information content (AvgIpc) is 2.64. The lowest BCUT2D eigenvalue weighted by molar-refractivity contribution is 0.0697. The van der Waals surface area contributed by atoms with E-state index in [1.165, 1.54) is 12.1 Å². The first-order valence-corrected chi connectivity index (χ1v) is 6.38. The molecule has 0 unspecified atom stereocenters. The van der Waals surface area contributed by atoms with Crippen LogP contribution in [0.4, 0.5) is 0 Å². The molecule has 0 amide bonds. The molecular formula is C17H12O4. The number of hydrogen-bond acceptors (Lipinski definition) is 3. The molecule has 0 aliphatic rings. The van der Waals surface area contributed by atoms with Gasteiger partial charge in [-0.3, -0.25) is 4.79 Å². The van der Waals surface area contributed by atoms with Crippen molar-refractivity contribution in [2.24, 2.45) is 0 Å². The van der Waals surface area contributed by atoms with Gasteiger partial charge in [0.1, 0.15) is 5.75 Å². The van der Waals surface area contributed by atoms with Crippen LogP contribution in [0.25, 0.3) is 21.5 Å². The number of benzene rings is 2. The van der Waals surface area contributed by atoms with E-state index in [4.69, 9.17) is 9.84 Å². The molecule has 0 saturated heterocycles. The molecule has 0 aliphatic heterocycles. The number of fused-ring (bicyclic) bond motifs is 2. The van der Waals surface area contributed by atoms with Gasteiger partial charge in [-0.1, -0.05) is 18.2 Å². The Kier molecular flexibility index (Phi) is 3.06. The van der Waals surface area contributed by atoms with Crippen molar-refractivity contribution < 1.29 is 14.6 Å². The van der Waals surface area contributed by atoms with Crippen LogP contribution in [0.3, 0.4) is 0 Å². The first kappa shape index (κ1) is 13.1. The summed E-state index contributed by atoms with van der Waals surface area (Å²) in [6, 6.07) is 13.4. The summed E-state index contributed by atoms with van der Waals surface area (Å²) in [4.78, 5) is 23.7. The highest BCUT2D eigenvalue weighted by molar-refractivity contribution is 5.98. The molecule has 4 heteroatoms. The maximum Gasteiger partial charge on any atom is 0.335 e. The highest BCUT2D eigenvalue weighted by Crippen LogP contribution is 2.21. The molecule has 0 saturated carbocycles. The van der Waals surface area contributed by atoms with Gasteiger partial charge < -0.3 is 9.84 Å². The standard InChI is InChI=1S/C17H12O4/c1-21-13-6-4-10-2-3-11-8-12(17(19)20)5-7-14(11)16(18)15(10)9-13/h2-9H,1H3,(H,19,20). The molecule has 0 radical (unpaired) electrons. The minimum atomic E-state index is -1.01. The van der Waals surface area contributed by atoms with Gasteiger partial charge in [-0.2, -0.15) is 0 Å². The maximum absolute atomic E-state index is 12.6. The van der Waals surface area contributed by atoms with Gasteiger partial charge in [0.05, 0.1) is 12.7 Å². The molecule has 0 atom stereocenters. The summed E-state index contributed by atoms with van der Waals surface area (Å²) in [5, 5.41) is 11.5. The predicted octanol–water partition coefficient (Wildman–Crippen LogP) is 3.06. The molecule has 104 valence electrons. The number of aromatic carboxylic acids is 1. The van der Waals surface area contributed by atoms with Gasteiger partial charge in [-0.15, -0.1) is 0 Å². The SMILES string of the molecule is COc1ccc2ccc3cc(C(=O)O)ccc3c(=O)c2c1. The van der Waals surface area contributed by atoms with Crippen molar-refractivity contribution in [3.05, 3.63) is 64.3 Å². The van der Waals surface area contributed by atoms with Gasteiger partial charge in [0.15, 0.2) is 5.43 Å². The lowest BCUT2D eigenvalue weighted by atomic mass is 10.1. The Morgan fingerprint density at radius 2 is 1.67 bits per heavy atom. The van der Waals surface area contributed by atoms with E-state index in [1.807, 2.05) is 12.1 Å². The smallest absolute Gasteiger partial charge is 0.335 e. The fourth-order valence-electron chi connectivity index (χ4n) is 2.37. The van der Waals surface area contributed by atoms with Crippen LogP contribution in [-0.2, 0) is 0 Å². The topological polar surface area (TPSA) is 63.6 Å². The van der Waals surface area contributed by atoms with Crippen LogP contribution in [0.1, 0.15) is 10.4 Å². The molecule has 0 spiro atoms. The number of carbonyl (C=O) groups is 1. The highest BCUT2D eigenvalue weighted by atomic mass is 16.5. The number of rotatable bonds is 2. The van der Waals surface area contributed by atoms with Gasteiger partial charge in [0.25, 0.3) is 0 Å². The van der Waals surface area contributed by atoms with E-state index in [0.29, 0.717) is 21.9 Å². The summed E-state index contributed by atoms with van der Waals surface area (Å²) in [5.41, 5.74) is 0.0237.